The molecule has 3 amide bonds. The Morgan fingerprint density at radius 1 is 1.18 bits per heavy atom. The minimum atomic E-state index is -0.159. The third-order valence-corrected chi connectivity index (χ3v) is 4.06. The molecule has 1 aromatic rings. The van der Waals surface area contributed by atoms with Gasteiger partial charge in [0, 0.05) is 26.2 Å². The quantitative estimate of drug-likeness (QED) is 0.676. The van der Waals surface area contributed by atoms with Crippen LogP contribution in [-0.2, 0) is 4.79 Å². The van der Waals surface area contributed by atoms with E-state index in [0.717, 1.165) is 28.8 Å². The lowest BCUT2D eigenvalue weighted by Gasteiger charge is -2.32. The van der Waals surface area contributed by atoms with Gasteiger partial charge in [0.15, 0.2) is 6.73 Å². The van der Waals surface area contributed by atoms with Crippen LogP contribution in [-0.4, -0.2) is 55.2 Å². The molecule has 0 bridgehead atoms. The fourth-order valence-corrected chi connectivity index (χ4v) is 2.46. The molecule has 0 saturated carbocycles. The molecule has 0 aliphatic carbocycles. The number of nitrogens with one attached hydrogen (secondary N) is 1. The van der Waals surface area contributed by atoms with E-state index in [1.807, 2.05) is 26.8 Å². The molecular weight excluding hydrogens is 282 g/mol. The maximum atomic E-state index is 12.0. The Morgan fingerprint density at radius 3 is 2.45 bits per heavy atom. The second-order valence-electron chi connectivity index (χ2n) is 5.55. The molecule has 120 valence electrons. The summed E-state index contributed by atoms with van der Waals surface area (Å²) in [5, 5.41) is 2.77. The minimum absolute atomic E-state index is 0.137. The third-order valence-electron chi connectivity index (χ3n) is 4.06. The van der Waals surface area contributed by atoms with E-state index in [-0.39, 0.29) is 12.8 Å². The van der Waals surface area contributed by atoms with Crippen molar-refractivity contribution >= 4 is 12.4 Å². The van der Waals surface area contributed by atoms with Crippen LogP contribution in [0.5, 0.6) is 5.75 Å². The van der Waals surface area contributed by atoms with E-state index in [1.165, 1.54) is 0 Å². The van der Waals surface area contributed by atoms with Crippen LogP contribution in [0.2, 0.25) is 0 Å². The molecule has 1 heterocycles. The molecule has 22 heavy (non-hydrogen) atoms. The van der Waals surface area contributed by atoms with Crippen molar-refractivity contribution in [3.8, 4) is 5.75 Å². The summed E-state index contributed by atoms with van der Waals surface area (Å²) in [7, 11) is 0. The fraction of sp³-hybridized carbons (Fsp3) is 0.500. The lowest BCUT2D eigenvalue weighted by atomic mass is 10.1. The van der Waals surface area contributed by atoms with E-state index in [9.17, 15) is 9.59 Å². The van der Waals surface area contributed by atoms with Crippen LogP contribution in [0.15, 0.2) is 12.1 Å². The van der Waals surface area contributed by atoms with Gasteiger partial charge in [-0.05, 0) is 37.5 Å². The first-order chi connectivity index (χ1) is 10.5. The lowest BCUT2D eigenvalue weighted by molar-refractivity contribution is -0.119. The zero-order valence-corrected chi connectivity index (χ0v) is 13.4. The Labute approximate surface area is 131 Å². The first kappa shape index (κ1) is 16.1. The first-order valence-electron chi connectivity index (χ1n) is 7.44. The highest BCUT2D eigenvalue weighted by Gasteiger charge is 2.19. The molecule has 1 fully saturated rings. The first-order valence-corrected chi connectivity index (χ1v) is 7.44. The number of amides is 3. The number of nitrogens with zero attached hydrogens (tertiary/aromatic N) is 2. The molecule has 0 unspecified atom stereocenters. The predicted octanol–water partition coefficient (Wildman–Crippen LogP) is 1.43. The van der Waals surface area contributed by atoms with Gasteiger partial charge in [-0.15, -0.1) is 0 Å². The number of piperazine rings is 1. The van der Waals surface area contributed by atoms with Gasteiger partial charge >= 0.3 is 6.03 Å². The molecule has 0 aromatic heterocycles. The summed E-state index contributed by atoms with van der Waals surface area (Å²) in [6, 6.07) is 3.91. The Balaban J connectivity index is 1.83. The van der Waals surface area contributed by atoms with Gasteiger partial charge in [-0.2, -0.15) is 0 Å². The molecule has 6 nitrogen and oxygen atoms in total. The van der Waals surface area contributed by atoms with Gasteiger partial charge in [-0.1, -0.05) is 12.1 Å². The summed E-state index contributed by atoms with van der Waals surface area (Å²) in [5.41, 5.74) is 3.31. The number of carbonyl (C=O) groups is 2. The highest BCUT2D eigenvalue weighted by Crippen LogP contribution is 2.25. The second kappa shape index (κ2) is 7.15. The van der Waals surface area contributed by atoms with E-state index < -0.39 is 0 Å². The van der Waals surface area contributed by atoms with Gasteiger partial charge in [-0.3, -0.25) is 4.79 Å². The summed E-state index contributed by atoms with van der Waals surface area (Å²) < 4.78 is 5.73. The van der Waals surface area contributed by atoms with Gasteiger partial charge < -0.3 is 19.9 Å². The summed E-state index contributed by atoms with van der Waals surface area (Å²) >= 11 is 0. The Hall–Kier alpha value is -2.24. The molecule has 1 aliphatic rings. The number of carbonyl (C=O) groups excluding carboxylic acids is 2. The molecule has 0 spiro atoms. The number of aryl methyl sites for hydroxylation is 2. The van der Waals surface area contributed by atoms with Crippen LogP contribution in [0.4, 0.5) is 4.79 Å². The number of ether oxygens (including phenoxy) is 1. The Morgan fingerprint density at radius 2 is 1.82 bits per heavy atom. The van der Waals surface area contributed by atoms with Gasteiger partial charge in [0.25, 0.3) is 0 Å². The van der Waals surface area contributed by atoms with Crippen LogP contribution in [0.25, 0.3) is 0 Å². The molecule has 1 N–H and O–H groups in total. The van der Waals surface area contributed by atoms with Crippen LogP contribution in [0.1, 0.15) is 16.7 Å². The van der Waals surface area contributed by atoms with Crippen molar-refractivity contribution in [1.82, 2.24) is 15.1 Å². The van der Waals surface area contributed by atoms with E-state index in [1.54, 1.807) is 9.80 Å². The molecule has 0 atom stereocenters. The molecule has 0 radical (unpaired) electrons. The van der Waals surface area contributed by atoms with E-state index in [4.69, 9.17) is 4.74 Å². The van der Waals surface area contributed by atoms with E-state index >= 15 is 0 Å². The molecule has 1 aliphatic heterocycles. The van der Waals surface area contributed by atoms with Crippen molar-refractivity contribution in [1.29, 1.82) is 0 Å². The smallest absolute Gasteiger partial charge is 0.320 e. The average molecular weight is 305 g/mol. The zero-order valence-electron chi connectivity index (χ0n) is 13.4. The summed E-state index contributed by atoms with van der Waals surface area (Å²) in [6.45, 7) is 8.42. The van der Waals surface area contributed by atoms with Crippen molar-refractivity contribution in [3.63, 3.8) is 0 Å². The minimum Gasteiger partial charge on any atom is -0.473 e. The van der Waals surface area contributed by atoms with Crippen LogP contribution >= 0.6 is 0 Å². The standard InChI is InChI=1S/C16H23N3O3/c1-12-4-5-13(2)15(14(12)3)22-10-17-16(21)19-8-6-18(11-20)7-9-19/h4-5,11H,6-10H2,1-3H3,(H,17,21). The largest absolute Gasteiger partial charge is 0.473 e. The van der Waals surface area contributed by atoms with Crippen LogP contribution < -0.4 is 10.1 Å². The number of hydrogen-bond acceptors (Lipinski definition) is 3. The highest BCUT2D eigenvalue weighted by atomic mass is 16.5. The average Bonchev–Trinajstić information content (AvgIpc) is 2.54. The number of urea groups is 1. The van der Waals surface area contributed by atoms with Crippen molar-refractivity contribution in [2.45, 2.75) is 20.8 Å². The summed E-state index contributed by atoms with van der Waals surface area (Å²) in [5.74, 6) is 0.825. The predicted molar refractivity (Wildman–Crippen MR) is 83.9 cm³/mol. The SMILES string of the molecule is Cc1ccc(C)c(OCNC(=O)N2CCN(C=O)CC2)c1C. The Kier molecular flexibility index (Phi) is 5.25. The lowest BCUT2D eigenvalue weighted by Crippen LogP contribution is -2.51. The maximum absolute atomic E-state index is 12.0. The molecule has 1 aromatic carbocycles. The number of rotatable bonds is 4. The summed E-state index contributed by atoms with van der Waals surface area (Å²) in [4.78, 5) is 26.1. The molecular formula is C16H23N3O3. The molecule has 2 rings (SSSR count). The summed E-state index contributed by atoms with van der Waals surface area (Å²) in [6.07, 6.45) is 0.821. The third kappa shape index (κ3) is 3.69. The van der Waals surface area contributed by atoms with Gasteiger partial charge in [0.1, 0.15) is 5.75 Å². The highest BCUT2D eigenvalue weighted by molar-refractivity contribution is 5.74. The number of benzene rings is 1. The Bertz CT molecular complexity index is 552. The topological polar surface area (TPSA) is 61.9 Å². The van der Waals surface area contributed by atoms with Crippen molar-refractivity contribution < 1.29 is 14.3 Å². The fourth-order valence-electron chi connectivity index (χ4n) is 2.46. The number of hydrogen-bond donors (Lipinski definition) is 1. The van der Waals surface area contributed by atoms with Gasteiger partial charge in [0.2, 0.25) is 6.41 Å². The second-order valence-corrected chi connectivity index (χ2v) is 5.55. The van der Waals surface area contributed by atoms with E-state index in [2.05, 4.69) is 11.4 Å². The molecule has 1 saturated heterocycles. The van der Waals surface area contributed by atoms with Crippen molar-refractivity contribution in [3.05, 3.63) is 28.8 Å². The van der Waals surface area contributed by atoms with Crippen LogP contribution in [0.3, 0.4) is 0 Å². The van der Waals surface area contributed by atoms with E-state index in [0.29, 0.717) is 26.2 Å². The maximum Gasteiger partial charge on any atom is 0.320 e. The monoisotopic (exact) mass is 305 g/mol. The zero-order chi connectivity index (χ0) is 16.1. The van der Waals surface area contributed by atoms with Gasteiger partial charge in [0.05, 0.1) is 0 Å². The normalized spacial score (nSPS) is 14.7. The van der Waals surface area contributed by atoms with Crippen molar-refractivity contribution in [2.75, 3.05) is 32.9 Å². The van der Waals surface area contributed by atoms with Gasteiger partial charge in [-0.25, -0.2) is 4.79 Å². The van der Waals surface area contributed by atoms with Crippen molar-refractivity contribution in [2.24, 2.45) is 0 Å². The van der Waals surface area contributed by atoms with Crippen LogP contribution in [0, 0.1) is 20.8 Å². The molecule has 6 heteroatoms.